The molecule has 0 bridgehead atoms. The van der Waals surface area contributed by atoms with Gasteiger partial charge in [0, 0.05) is 5.92 Å². The summed E-state index contributed by atoms with van der Waals surface area (Å²) in [6, 6.07) is -0.0575. The normalized spacial score (nSPS) is 20.9. The zero-order valence-electron chi connectivity index (χ0n) is 10.4. The van der Waals surface area contributed by atoms with E-state index in [2.05, 4.69) is 5.32 Å². The predicted octanol–water partition coefficient (Wildman–Crippen LogP) is 2.23. The van der Waals surface area contributed by atoms with Crippen molar-refractivity contribution in [3.05, 3.63) is 0 Å². The molecule has 0 spiro atoms. The van der Waals surface area contributed by atoms with Gasteiger partial charge in [-0.2, -0.15) is 0 Å². The number of aliphatic hydroxyl groups excluding tert-OH is 1. The van der Waals surface area contributed by atoms with Gasteiger partial charge >= 0.3 is 0 Å². The highest BCUT2D eigenvalue weighted by molar-refractivity contribution is 5.78. The Morgan fingerprint density at radius 1 is 1.25 bits per heavy atom. The molecule has 1 unspecified atom stereocenters. The van der Waals surface area contributed by atoms with Crippen molar-refractivity contribution in [2.24, 2.45) is 5.92 Å². The lowest BCUT2D eigenvalue weighted by atomic mass is 9.90. The SMILES string of the molecule is CCC(CO)NC(=O)C1CCCCCCC1. The van der Waals surface area contributed by atoms with Gasteiger partial charge in [-0.05, 0) is 19.3 Å². The van der Waals surface area contributed by atoms with Gasteiger partial charge in [0.15, 0.2) is 0 Å². The lowest BCUT2D eigenvalue weighted by Gasteiger charge is -2.22. The van der Waals surface area contributed by atoms with E-state index in [0.29, 0.717) is 0 Å². The van der Waals surface area contributed by atoms with Gasteiger partial charge in [-0.1, -0.05) is 39.0 Å². The quantitative estimate of drug-likeness (QED) is 0.774. The summed E-state index contributed by atoms with van der Waals surface area (Å²) in [5.41, 5.74) is 0. The van der Waals surface area contributed by atoms with Crippen LogP contribution in [0.15, 0.2) is 0 Å². The lowest BCUT2D eigenvalue weighted by molar-refractivity contribution is -0.126. The topological polar surface area (TPSA) is 49.3 Å². The van der Waals surface area contributed by atoms with E-state index in [0.717, 1.165) is 19.3 Å². The number of aliphatic hydroxyl groups is 1. The summed E-state index contributed by atoms with van der Waals surface area (Å²) >= 11 is 0. The first-order chi connectivity index (χ1) is 7.77. The number of nitrogens with one attached hydrogen (secondary N) is 1. The summed E-state index contributed by atoms with van der Waals surface area (Å²) < 4.78 is 0. The van der Waals surface area contributed by atoms with Crippen LogP contribution in [0.4, 0.5) is 0 Å². The zero-order chi connectivity index (χ0) is 11.8. The number of rotatable bonds is 4. The van der Waals surface area contributed by atoms with Gasteiger partial charge in [0.05, 0.1) is 12.6 Å². The first-order valence-corrected chi connectivity index (χ1v) is 6.69. The largest absolute Gasteiger partial charge is 0.394 e. The van der Waals surface area contributed by atoms with Crippen LogP contribution in [0.1, 0.15) is 58.3 Å². The molecule has 1 amide bonds. The summed E-state index contributed by atoms with van der Waals surface area (Å²) in [6.45, 7) is 2.04. The molecule has 1 aliphatic rings. The Balaban J connectivity index is 2.37. The number of amides is 1. The fourth-order valence-corrected chi connectivity index (χ4v) is 2.31. The molecule has 2 N–H and O–H groups in total. The van der Waals surface area contributed by atoms with Gasteiger partial charge in [0.25, 0.3) is 0 Å². The Morgan fingerprint density at radius 3 is 2.31 bits per heavy atom. The monoisotopic (exact) mass is 227 g/mol. The first kappa shape index (κ1) is 13.5. The lowest BCUT2D eigenvalue weighted by Crippen LogP contribution is -2.40. The second-order valence-corrected chi connectivity index (χ2v) is 4.84. The molecule has 16 heavy (non-hydrogen) atoms. The highest BCUT2D eigenvalue weighted by Gasteiger charge is 2.20. The molecule has 0 aliphatic heterocycles. The van der Waals surface area contributed by atoms with Crippen molar-refractivity contribution in [1.82, 2.24) is 5.32 Å². The van der Waals surface area contributed by atoms with E-state index in [4.69, 9.17) is 5.11 Å². The van der Waals surface area contributed by atoms with Crippen LogP contribution < -0.4 is 5.32 Å². The first-order valence-electron chi connectivity index (χ1n) is 6.69. The molecule has 0 aromatic rings. The maximum atomic E-state index is 12.0. The van der Waals surface area contributed by atoms with Crippen molar-refractivity contribution < 1.29 is 9.90 Å². The van der Waals surface area contributed by atoms with Gasteiger partial charge < -0.3 is 10.4 Å². The van der Waals surface area contributed by atoms with E-state index in [1.165, 1.54) is 32.1 Å². The molecule has 1 fully saturated rings. The predicted molar refractivity (Wildman–Crippen MR) is 65.1 cm³/mol. The molecule has 94 valence electrons. The van der Waals surface area contributed by atoms with Gasteiger partial charge in [-0.3, -0.25) is 4.79 Å². The van der Waals surface area contributed by atoms with E-state index in [1.807, 2.05) is 6.92 Å². The van der Waals surface area contributed by atoms with Crippen LogP contribution in [0.3, 0.4) is 0 Å². The second kappa shape index (κ2) is 7.66. The van der Waals surface area contributed by atoms with Crippen molar-refractivity contribution >= 4 is 5.91 Å². The summed E-state index contributed by atoms with van der Waals surface area (Å²) in [4.78, 5) is 12.0. The molecule has 0 aromatic carbocycles. The molecule has 1 aliphatic carbocycles. The van der Waals surface area contributed by atoms with Gasteiger partial charge in [0.1, 0.15) is 0 Å². The summed E-state index contributed by atoms with van der Waals surface area (Å²) in [7, 11) is 0. The molecule has 0 saturated heterocycles. The Morgan fingerprint density at radius 2 is 1.81 bits per heavy atom. The summed E-state index contributed by atoms with van der Waals surface area (Å²) in [5.74, 6) is 0.337. The fourth-order valence-electron chi connectivity index (χ4n) is 2.31. The van der Waals surface area contributed by atoms with E-state index >= 15 is 0 Å². The van der Waals surface area contributed by atoms with E-state index in [-0.39, 0.29) is 24.5 Å². The molecule has 3 nitrogen and oxygen atoms in total. The fraction of sp³-hybridized carbons (Fsp3) is 0.923. The minimum Gasteiger partial charge on any atom is -0.394 e. The second-order valence-electron chi connectivity index (χ2n) is 4.84. The van der Waals surface area contributed by atoms with Crippen LogP contribution in [0, 0.1) is 5.92 Å². The zero-order valence-corrected chi connectivity index (χ0v) is 10.4. The van der Waals surface area contributed by atoms with E-state index in [1.54, 1.807) is 0 Å². The average Bonchev–Trinajstić information content (AvgIpc) is 2.25. The highest BCUT2D eigenvalue weighted by atomic mass is 16.3. The van der Waals surface area contributed by atoms with Crippen molar-refractivity contribution in [1.29, 1.82) is 0 Å². The minimum absolute atomic E-state index is 0.0506. The summed E-state index contributed by atoms with van der Waals surface area (Å²) in [5, 5.41) is 12.0. The third-order valence-electron chi connectivity index (χ3n) is 3.54. The molecule has 1 atom stereocenters. The Kier molecular flexibility index (Phi) is 6.46. The maximum Gasteiger partial charge on any atom is 0.223 e. The molecular formula is C13H25NO2. The average molecular weight is 227 g/mol. The Hall–Kier alpha value is -0.570. The third kappa shape index (κ3) is 4.52. The van der Waals surface area contributed by atoms with Crippen LogP contribution in [0.2, 0.25) is 0 Å². The number of hydrogen-bond acceptors (Lipinski definition) is 2. The maximum absolute atomic E-state index is 12.0. The van der Waals surface area contributed by atoms with Gasteiger partial charge in [0.2, 0.25) is 5.91 Å². The van der Waals surface area contributed by atoms with Crippen LogP contribution in [0.25, 0.3) is 0 Å². The third-order valence-corrected chi connectivity index (χ3v) is 3.54. The number of hydrogen-bond donors (Lipinski definition) is 2. The standard InChI is InChI=1S/C13H25NO2/c1-2-12(10-15)14-13(16)11-8-6-4-3-5-7-9-11/h11-12,15H,2-10H2,1H3,(H,14,16). The van der Waals surface area contributed by atoms with Crippen molar-refractivity contribution in [2.75, 3.05) is 6.61 Å². The molecule has 3 heteroatoms. The number of carbonyl (C=O) groups is 1. The molecule has 0 radical (unpaired) electrons. The molecule has 1 saturated carbocycles. The summed E-state index contributed by atoms with van der Waals surface area (Å²) in [6.07, 6.45) is 9.04. The van der Waals surface area contributed by atoms with Crippen LogP contribution in [-0.4, -0.2) is 23.7 Å². The Bertz CT molecular complexity index is 194. The molecule has 1 rings (SSSR count). The van der Waals surface area contributed by atoms with Crippen molar-refractivity contribution in [3.63, 3.8) is 0 Å². The van der Waals surface area contributed by atoms with Crippen LogP contribution >= 0.6 is 0 Å². The number of carbonyl (C=O) groups excluding carboxylic acids is 1. The minimum atomic E-state index is -0.0575. The Labute approximate surface area is 98.6 Å². The molecule has 0 aromatic heterocycles. The molecular weight excluding hydrogens is 202 g/mol. The van der Waals surface area contributed by atoms with Crippen molar-refractivity contribution in [2.45, 2.75) is 64.3 Å². The molecule has 0 heterocycles. The van der Waals surface area contributed by atoms with Gasteiger partial charge in [-0.25, -0.2) is 0 Å². The smallest absolute Gasteiger partial charge is 0.223 e. The highest BCUT2D eigenvalue weighted by Crippen LogP contribution is 2.22. The van der Waals surface area contributed by atoms with E-state index in [9.17, 15) is 4.79 Å². The van der Waals surface area contributed by atoms with Crippen LogP contribution in [-0.2, 0) is 4.79 Å². The van der Waals surface area contributed by atoms with E-state index < -0.39 is 0 Å². The van der Waals surface area contributed by atoms with Crippen LogP contribution in [0.5, 0.6) is 0 Å². The van der Waals surface area contributed by atoms with Gasteiger partial charge in [-0.15, -0.1) is 0 Å². The van der Waals surface area contributed by atoms with Crippen molar-refractivity contribution in [3.8, 4) is 0 Å².